The Bertz CT molecular complexity index is 1300. The number of rotatable bonds is 9. The highest BCUT2D eigenvalue weighted by Crippen LogP contribution is 2.29. The van der Waals surface area contributed by atoms with Crippen molar-refractivity contribution in [2.45, 2.75) is 26.3 Å². The highest BCUT2D eigenvalue weighted by Gasteiger charge is 2.16. The van der Waals surface area contributed by atoms with Crippen LogP contribution in [0.3, 0.4) is 0 Å². The average molecular weight is 493 g/mol. The van der Waals surface area contributed by atoms with Crippen molar-refractivity contribution in [2.24, 2.45) is 0 Å². The van der Waals surface area contributed by atoms with E-state index in [1.165, 1.54) is 5.56 Å². The molecule has 1 aliphatic rings. The number of alkyl halides is 2. The zero-order chi connectivity index (χ0) is 24.9. The Hall–Kier alpha value is -3.33. The fourth-order valence-electron chi connectivity index (χ4n) is 4.71. The molecule has 8 heteroatoms. The van der Waals surface area contributed by atoms with Crippen LogP contribution < -0.4 is 10.1 Å². The van der Waals surface area contributed by atoms with Crippen LogP contribution in [-0.2, 0) is 24.4 Å². The van der Waals surface area contributed by atoms with Gasteiger partial charge in [0, 0.05) is 45.4 Å². The third-order valence-corrected chi connectivity index (χ3v) is 6.52. The molecule has 3 aromatic carbocycles. The standard InChI is InChI=1S/C28H30F2N4O2/c1-35-19-27-32-24-11-10-22(21-8-6-20(7-9-21)17-33-14-12-31-13-15-33)16-25(24)34(27)18-23-4-2-3-5-26(23)36-28(29)30/h2-11,16,28,31H,12-15,17-19H2,1H3. The Morgan fingerprint density at radius 2 is 1.69 bits per heavy atom. The maximum Gasteiger partial charge on any atom is 0.387 e. The molecule has 1 N–H and O–H groups in total. The van der Waals surface area contributed by atoms with Crippen molar-refractivity contribution in [3.05, 3.63) is 83.7 Å². The first-order chi connectivity index (χ1) is 17.6. The summed E-state index contributed by atoms with van der Waals surface area (Å²) in [5, 5.41) is 3.39. The molecule has 1 fully saturated rings. The number of imidazole rings is 1. The van der Waals surface area contributed by atoms with E-state index in [-0.39, 0.29) is 5.75 Å². The third-order valence-electron chi connectivity index (χ3n) is 6.52. The number of para-hydroxylation sites is 1. The summed E-state index contributed by atoms with van der Waals surface area (Å²) in [6.45, 7) is 2.92. The molecule has 0 spiro atoms. The van der Waals surface area contributed by atoms with Crippen molar-refractivity contribution >= 4 is 11.0 Å². The van der Waals surface area contributed by atoms with Crippen LogP contribution in [0, 0.1) is 0 Å². The number of piperazine rings is 1. The van der Waals surface area contributed by atoms with Crippen LogP contribution in [0.1, 0.15) is 17.0 Å². The van der Waals surface area contributed by atoms with E-state index in [4.69, 9.17) is 14.5 Å². The first-order valence-electron chi connectivity index (χ1n) is 12.1. The number of methoxy groups -OCH3 is 1. The van der Waals surface area contributed by atoms with E-state index in [0.717, 1.165) is 60.7 Å². The Balaban J connectivity index is 1.45. The lowest BCUT2D eigenvalue weighted by Gasteiger charge is -2.27. The summed E-state index contributed by atoms with van der Waals surface area (Å²) >= 11 is 0. The van der Waals surface area contributed by atoms with Gasteiger partial charge in [0.05, 0.1) is 17.6 Å². The molecule has 0 atom stereocenters. The van der Waals surface area contributed by atoms with Gasteiger partial charge in [0.2, 0.25) is 0 Å². The van der Waals surface area contributed by atoms with E-state index in [0.29, 0.717) is 18.7 Å². The van der Waals surface area contributed by atoms with E-state index < -0.39 is 6.61 Å². The summed E-state index contributed by atoms with van der Waals surface area (Å²) < 4.78 is 38.1. The molecule has 6 nitrogen and oxygen atoms in total. The summed E-state index contributed by atoms with van der Waals surface area (Å²) in [5.41, 5.74) is 5.87. The molecule has 0 unspecified atom stereocenters. The number of aromatic nitrogens is 2. The van der Waals surface area contributed by atoms with Crippen LogP contribution in [0.25, 0.3) is 22.2 Å². The van der Waals surface area contributed by atoms with Crippen LogP contribution in [0.2, 0.25) is 0 Å². The zero-order valence-electron chi connectivity index (χ0n) is 20.3. The molecule has 0 aliphatic carbocycles. The number of hydrogen-bond acceptors (Lipinski definition) is 5. The van der Waals surface area contributed by atoms with Crippen molar-refractivity contribution in [3.63, 3.8) is 0 Å². The quantitative estimate of drug-likeness (QED) is 0.360. The van der Waals surface area contributed by atoms with Crippen LogP contribution in [0.15, 0.2) is 66.7 Å². The van der Waals surface area contributed by atoms with Gasteiger partial charge in [0.25, 0.3) is 0 Å². The smallest absolute Gasteiger partial charge is 0.387 e. The molecule has 1 saturated heterocycles. The number of halogens is 2. The van der Waals surface area contributed by atoms with E-state index in [1.807, 2.05) is 16.7 Å². The molecule has 0 bridgehead atoms. The zero-order valence-corrected chi connectivity index (χ0v) is 20.3. The maximum atomic E-state index is 13.0. The lowest BCUT2D eigenvalue weighted by atomic mass is 10.0. The summed E-state index contributed by atoms with van der Waals surface area (Å²) in [6, 6.07) is 21.7. The molecule has 36 heavy (non-hydrogen) atoms. The van der Waals surface area contributed by atoms with Crippen LogP contribution in [0.4, 0.5) is 8.78 Å². The van der Waals surface area contributed by atoms with Gasteiger partial charge < -0.3 is 19.4 Å². The van der Waals surface area contributed by atoms with Crippen molar-refractivity contribution in [1.29, 1.82) is 0 Å². The van der Waals surface area contributed by atoms with Gasteiger partial charge in [-0.25, -0.2) is 4.98 Å². The SMILES string of the molecule is COCc1nc2ccc(-c3ccc(CN4CCNCC4)cc3)cc2n1Cc1ccccc1OC(F)F. The number of nitrogens with one attached hydrogen (secondary N) is 1. The van der Waals surface area contributed by atoms with Crippen molar-refractivity contribution in [2.75, 3.05) is 33.3 Å². The molecule has 1 aromatic heterocycles. The normalized spacial score (nSPS) is 14.6. The van der Waals surface area contributed by atoms with Gasteiger partial charge in [-0.3, -0.25) is 4.90 Å². The van der Waals surface area contributed by atoms with Gasteiger partial charge in [-0.1, -0.05) is 48.5 Å². The second kappa shape index (κ2) is 11.2. The number of hydrogen-bond donors (Lipinski definition) is 1. The predicted molar refractivity (Wildman–Crippen MR) is 136 cm³/mol. The largest absolute Gasteiger partial charge is 0.434 e. The fourth-order valence-corrected chi connectivity index (χ4v) is 4.71. The highest BCUT2D eigenvalue weighted by molar-refractivity contribution is 5.83. The van der Waals surface area contributed by atoms with Crippen molar-refractivity contribution in [1.82, 2.24) is 19.8 Å². The molecule has 0 amide bonds. The Morgan fingerprint density at radius 1 is 0.944 bits per heavy atom. The molecular weight excluding hydrogens is 462 g/mol. The first-order valence-corrected chi connectivity index (χ1v) is 12.1. The third kappa shape index (κ3) is 5.56. The number of benzene rings is 3. The number of fused-ring (bicyclic) bond motifs is 1. The van der Waals surface area contributed by atoms with Gasteiger partial charge in [0.1, 0.15) is 18.2 Å². The molecular formula is C28H30F2N4O2. The van der Waals surface area contributed by atoms with Gasteiger partial charge >= 0.3 is 6.61 Å². The predicted octanol–water partition coefficient (Wildman–Crippen LogP) is 4.90. The fraction of sp³-hybridized carbons (Fsp3) is 0.321. The van der Waals surface area contributed by atoms with E-state index >= 15 is 0 Å². The summed E-state index contributed by atoms with van der Waals surface area (Å²) in [7, 11) is 1.62. The van der Waals surface area contributed by atoms with Gasteiger partial charge in [-0.2, -0.15) is 8.78 Å². The van der Waals surface area contributed by atoms with E-state index in [9.17, 15) is 8.78 Å². The summed E-state index contributed by atoms with van der Waals surface area (Å²) in [5.74, 6) is 0.886. The molecule has 5 rings (SSSR count). The lowest BCUT2D eigenvalue weighted by Crippen LogP contribution is -2.42. The van der Waals surface area contributed by atoms with Crippen LogP contribution in [0.5, 0.6) is 5.75 Å². The number of nitrogens with zero attached hydrogens (tertiary/aromatic N) is 3. The first kappa shape index (κ1) is 24.4. The minimum atomic E-state index is -2.88. The molecule has 4 aromatic rings. The molecule has 2 heterocycles. The Kier molecular flexibility index (Phi) is 7.55. The summed E-state index contributed by atoms with van der Waals surface area (Å²) in [6.07, 6.45) is 0. The minimum Gasteiger partial charge on any atom is -0.434 e. The maximum absolute atomic E-state index is 13.0. The summed E-state index contributed by atoms with van der Waals surface area (Å²) in [4.78, 5) is 7.20. The van der Waals surface area contributed by atoms with Crippen molar-refractivity contribution in [3.8, 4) is 16.9 Å². The van der Waals surface area contributed by atoms with Gasteiger partial charge in [-0.15, -0.1) is 0 Å². The molecule has 188 valence electrons. The highest BCUT2D eigenvalue weighted by atomic mass is 19.3. The van der Waals surface area contributed by atoms with Gasteiger partial charge in [-0.05, 0) is 34.9 Å². The van der Waals surface area contributed by atoms with Crippen LogP contribution >= 0.6 is 0 Å². The Labute approximate surface area is 209 Å². The molecule has 1 aliphatic heterocycles. The molecule has 0 radical (unpaired) electrons. The lowest BCUT2D eigenvalue weighted by molar-refractivity contribution is -0.0504. The second-order valence-corrected chi connectivity index (χ2v) is 8.96. The van der Waals surface area contributed by atoms with E-state index in [1.54, 1.807) is 25.3 Å². The van der Waals surface area contributed by atoms with Crippen molar-refractivity contribution < 1.29 is 18.3 Å². The van der Waals surface area contributed by atoms with Gasteiger partial charge in [0.15, 0.2) is 0 Å². The topological polar surface area (TPSA) is 51.5 Å². The van der Waals surface area contributed by atoms with E-state index in [2.05, 4.69) is 46.6 Å². The Morgan fingerprint density at radius 3 is 2.44 bits per heavy atom. The monoisotopic (exact) mass is 492 g/mol. The molecule has 0 saturated carbocycles. The number of ether oxygens (including phenoxy) is 2. The van der Waals surface area contributed by atoms with Crippen LogP contribution in [-0.4, -0.2) is 54.4 Å². The second-order valence-electron chi connectivity index (χ2n) is 8.96. The minimum absolute atomic E-state index is 0.161. The average Bonchev–Trinajstić information content (AvgIpc) is 3.22.